The average Bonchev–Trinajstić information content (AvgIpc) is 2.29. The highest BCUT2D eigenvalue weighted by Gasteiger charge is 2.06. The number of thioether (sulfide) groups is 1. The highest BCUT2D eigenvalue weighted by atomic mass is 32.2. The second kappa shape index (κ2) is 6.75. The maximum Gasteiger partial charge on any atom is 0.119 e. The van der Waals surface area contributed by atoms with Crippen molar-refractivity contribution in [1.29, 1.82) is 0 Å². The van der Waals surface area contributed by atoms with Crippen molar-refractivity contribution in [1.82, 2.24) is 5.32 Å². The van der Waals surface area contributed by atoms with Crippen LogP contribution in [0.2, 0.25) is 0 Å². The van der Waals surface area contributed by atoms with Gasteiger partial charge in [0.15, 0.2) is 0 Å². The van der Waals surface area contributed by atoms with Gasteiger partial charge in [-0.1, -0.05) is 12.1 Å². The minimum Gasteiger partial charge on any atom is -0.497 e. The first kappa shape index (κ1) is 12.4. The van der Waals surface area contributed by atoms with Gasteiger partial charge in [-0.2, -0.15) is 11.8 Å². The van der Waals surface area contributed by atoms with Crippen LogP contribution in [-0.4, -0.2) is 32.2 Å². The van der Waals surface area contributed by atoms with Gasteiger partial charge in [0.05, 0.1) is 7.11 Å². The van der Waals surface area contributed by atoms with E-state index in [1.165, 1.54) is 5.56 Å². The predicted octanol–water partition coefficient (Wildman–Crippen LogP) is 2.19. The zero-order valence-electron chi connectivity index (χ0n) is 9.62. The van der Waals surface area contributed by atoms with Crippen molar-refractivity contribution in [3.8, 4) is 5.75 Å². The number of rotatable bonds is 6. The molecule has 0 aliphatic carbocycles. The van der Waals surface area contributed by atoms with Crippen molar-refractivity contribution in [2.45, 2.75) is 12.5 Å². The number of likely N-dealkylation sites (N-methyl/N-ethyl adjacent to an activating group) is 1. The van der Waals surface area contributed by atoms with Crippen LogP contribution in [0.3, 0.4) is 0 Å². The molecule has 1 aromatic carbocycles. The molecule has 0 fully saturated rings. The largest absolute Gasteiger partial charge is 0.497 e. The molecule has 3 heteroatoms. The van der Waals surface area contributed by atoms with E-state index >= 15 is 0 Å². The maximum absolute atomic E-state index is 5.20. The zero-order chi connectivity index (χ0) is 11.1. The highest BCUT2D eigenvalue weighted by molar-refractivity contribution is 7.98. The summed E-state index contributed by atoms with van der Waals surface area (Å²) in [4.78, 5) is 0. The van der Waals surface area contributed by atoms with Gasteiger partial charge in [0.25, 0.3) is 0 Å². The van der Waals surface area contributed by atoms with Crippen molar-refractivity contribution in [2.24, 2.45) is 0 Å². The van der Waals surface area contributed by atoms with Crippen LogP contribution in [-0.2, 0) is 6.42 Å². The van der Waals surface area contributed by atoms with E-state index in [9.17, 15) is 0 Å². The standard InChI is InChI=1S/C12H19NOS/c1-13-11(9-15-3)7-10-5-4-6-12(8-10)14-2/h4-6,8,11,13H,7,9H2,1-3H3. The van der Waals surface area contributed by atoms with Crippen molar-refractivity contribution in [3.63, 3.8) is 0 Å². The van der Waals surface area contributed by atoms with Crippen LogP contribution in [0.4, 0.5) is 0 Å². The van der Waals surface area contributed by atoms with Gasteiger partial charge in [-0.25, -0.2) is 0 Å². The van der Waals surface area contributed by atoms with E-state index in [-0.39, 0.29) is 0 Å². The number of methoxy groups -OCH3 is 1. The molecule has 0 aliphatic heterocycles. The third-order valence-corrected chi connectivity index (χ3v) is 3.13. The molecule has 0 bridgehead atoms. The molecular formula is C12H19NOS. The quantitative estimate of drug-likeness (QED) is 0.802. The van der Waals surface area contributed by atoms with Gasteiger partial charge in [0, 0.05) is 11.8 Å². The van der Waals surface area contributed by atoms with Gasteiger partial charge in [0.1, 0.15) is 5.75 Å². The SMILES string of the molecule is CNC(CSC)Cc1cccc(OC)c1. The molecule has 0 spiro atoms. The molecule has 0 aliphatic rings. The molecule has 15 heavy (non-hydrogen) atoms. The first-order valence-electron chi connectivity index (χ1n) is 5.09. The lowest BCUT2D eigenvalue weighted by atomic mass is 10.1. The van der Waals surface area contributed by atoms with Gasteiger partial charge < -0.3 is 10.1 Å². The minimum atomic E-state index is 0.534. The molecule has 0 aromatic heterocycles. The minimum absolute atomic E-state index is 0.534. The van der Waals surface area contributed by atoms with Gasteiger partial charge in [0.2, 0.25) is 0 Å². The Morgan fingerprint density at radius 3 is 2.87 bits per heavy atom. The fourth-order valence-corrected chi connectivity index (χ4v) is 2.22. The van der Waals surface area contributed by atoms with Crippen LogP contribution in [0.5, 0.6) is 5.75 Å². The second-order valence-corrected chi connectivity index (χ2v) is 4.41. The number of nitrogens with one attached hydrogen (secondary N) is 1. The van der Waals surface area contributed by atoms with E-state index in [1.54, 1.807) is 7.11 Å². The van der Waals surface area contributed by atoms with E-state index in [4.69, 9.17) is 4.74 Å². The van der Waals surface area contributed by atoms with Crippen LogP contribution in [0.25, 0.3) is 0 Å². The summed E-state index contributed by atoms with van der Waals surface area (Å²) in [5.74, 6) is 2.07. The Labute approximate surface area is 96.4 Å². The molecule has 84 valence electrons. The molecule has 1 N–H and O–H groups in total. The third kappa shape index (κ3) is 4.14. The lowest BCUT2D eigenvalue weighted by Gasteiger charge is -2.15. The molecule has 1 aromatic rings. The van der Waals surface area contributed by atoms with Crippen molar-refractivity contribution < 1.29 is 4.74 Å². The number of benzene rings is 1. The Bertz CT molecular complexity index is 291. The Balaban J connectivity index is 2.61. The molecule has 0 heterocycles. The Morgan fingerprint density at radius 1 is 1.47 bits per heavy atom. The molecular weight excluding hydrogens is 206 g/mol. The molecule has 1 atom stereocenters. The predicted molar refractivity (Wildman–Crippen MR) is 67.9 cm³/mol. The normalized spacial score (nSPS) is 12.5. The Morgan fingerprint density at radius 2 is 2.27 bits per heavy atom. The molecule has 1 rings (SSSR count). The summed E-state index contributed by atoms with van der Waals surface area (Å²) >= 11 is 1.87. The van der Waals surface area contributed by atoms with Crippen molar-refractivity contribution in [3.05, 3.63) is 29.8 Å². The second-order valence-electron chi connectivity index (χ2n) is 3.50. The molecule has 2 nitrogen and oxygen atoms in total. The Kier molecular flexibility index (Phi) is 5.58. The fraction of sp³-hybridized carbons (Fsp3) is 0.500. The Hall–Kier alpha value is -0.670. The van der Waals surface area contributed by atoms with Crippen LogP contribution in [0.15, 0.2) is 24.3 Å². The zero-order valence-corrected chi connectivity index (χ0v) is 10.4. The third-order valence-electron chi connectivity index (χ3n) is 2.39. The van der Waals surface area contributed by atoms with Crippen LogP contribution in [0.1, 0.15) is 5.56 Å². The maximum atomic E-state index is 5.20. The molecule has 0 amide bonds. The van der Waals surface area contributed by atoms with Gasteiger partial charge in [-0.3, -0.25) is 0 Å². The lowest BCUT2D eigenvalue weighted by molar-refractivity contribution is 0.414. The average molecular weight is 225 g/mol. The summed E-state index contributed by atoms with van der Waals surface area (Å²) in [7, 11) is 3.72. The number of ether oxygens (including phenoxy) is 1. The van der Waals surface area contributed by atoms with Crippen LogP contribution < -0.4 is 10.1 Å². The summed E-state index contributed by atoms with van der Waals surface area (Å²) in [6.07, 6.45) is 3.18. The van der Waals surface area contributed by atoms with E-state index in [0.717, 1.165) is 17.9 Å². The summed E-state index contributed by atoms with van der Waals surface area (Å²) in [5, 5.41) is 3.33. The van der Waals surface area contributed by atoms with E-state index in [2.05, 4.69) is 23.7 Å². The van der Waals surface area contributed by atoms with Crippen LogP contribution >= 0.6 is 11.8 Å². The molecule has 0 radical (unpaired) electrons. The van der Waals surface area contributed by atoms with Gasteiger partial charge in [-0.15, -0.1) is 0 Å². The molecule has 1 unspecified atom stereocenters. The summed E-state index contributed by atoms with van der Waals surface area (Å²) < 4.78 is 5.20. The number of hydrogen-bond donors (Lipinski definition) is 1. The van der Waals surface area contributed by atoms with Gasteiger partial charge >= 0.3 is 0 Å². The fourth-order valence-electron chi connectivity index (χ4n) is 1.53. The summed E-state index contributed by atoms with van der Waals surface area (Å²) in [6.45, 7) is 0. The first-order valence-corrected chi connectivity index (χ1v) is 6.48. The van der Waals surface area contributed by atoms with Crippen molar-refractivity contribution in [2.75, 3.05) is 26.2 Å². The first-order chi connectivity index (χ1) is 7.30. The number of hydrogen-bond acceptors (Lipinski definition) is 3. The molecule has 0 saturated heterocycles. The topological polar surface area (TPSA) is 21.3 Å². The van der Waals surface area contributed by atoms with Crippen LogP contribution in [0, 0.1) is 0 Å². The van der Waals surface area contributed by atoms with E-state index in [0.29, 0.717) is 6.04 Å². The monoisotopic (exact) mass is 225 g/mol. The van der Waals surface area contributed by atoms with Gasteiger partial charge in [-0.05, 0) is 37.4 Å². The smallest absolute Gasteiger partial charge is 0.119 e. The highest BCUT2D eigenvalue weighted by Crippen LogP contribution is 2.14. The lowest BCUT2D eigenvalue weighted by Crippen LogP contribution is -2.29. The summed E-state index contributed by atoms with van der Waals surface area (Å²) in [5.41, 5.74) is 1.32. The summed E-state index contributed by atoms with van der Waals surface area (Å²) in [6, 6.07) is 8.80. The van der Waals surface area contributed by atoms with E-state index in [1.807, 2.05) is 30.9 Å². The van der Waals surface area contributed by atoms with E-state index < -0.39 is 0 Å². The molecule has 0 saturated carbocycles. The van der Waals surface area contributed by atoms with Crippen molar-refractivity contribution >= 4 is 11.8 Å².